The van der Waals surface area contributed by atoms with Crippen molar-refractivity contribution >= 4 is 11.6 Å². The molecule has 0 radical (unpaired) electrons. The van der Waals surface area contributed by atoms with Gasteiger partial charge in [0, 0.05) is 16.1 Å². The molecule has 0 aliphatic carbocycles. The van der Waals surface area contributed by atoms with Gasteiger partial charge in [0.1, 0.15) is 0 Å². The maximum Gasteiger partial charge on any atom is 0.244 e. The maximum absolute atomic E-state index is 5.88. The van der Waals surface area contributed by atoms with Crippen molar-refractivity contribution in [1.29, 1.82) is 0 Å². The third kappa shape index (κ3) is 2.85. The number of benzene rings is 2. The van der Waals surface area contributed by atoms with Crippen LogP contribution in [0.2, 0.25) is 5.02 Å². The van der Waals surface area contributed by atoms with E-state index < -0.39 is 0 Å². The van der Waals surface area contributed by atoms with E-state index in [1.165, 1.54) is 0 Å². The highest BCUT2D eigenvalue weighted by atomic mass is 35.5. The molecule has 0 aliphatic rings. The molecule has 3 rings (SSSR count). The van der Waals surface area contributed by atoms with E-state index in [0.29, 0.717) is 22.4 Å². The Hall–Kier alpha value is -2.46. The lowest BCUT2D eigenvalue weighted by Gasteiger charge is -2.07. The van der Waals surface area contributed by atoms with Gasteiger partial charge >= 0.3 is 0 Å². The number of aromatic nitrogens is 3. The van der Waals surface area contributed by atoms with Crippen LogP contribution in [0.4, 0.5) is 0 Å². The minimum absolute atomic E-state index is 0.446. The Kier molecular flexibility index (Phi) is 3.79. The van der Waals surface area contributed by atoms with Crippen LogP contribution in [0.1, 0.15) is 0 Å². The molecule has 5 heteroatoms. The second kappa shape index (κ2) is 5.89. The molecule has 1 aromatic heterocycles. The SMILES string of the molecule is COc1nc(-c2ccc(Cl)cc2)nnc1-c1ccccc1. The lowest BCUT2D eigenvalue weighted by molar-refractivity contribution is 0.396. The van der Waals surface area contributed by atoms with Crippen molar-refractivity contribution < 1.29 is 4.74 Å². The summed E-state index contributed by atoms with van der Waals surface area (Å²) < 4.78 is 5.35. The summed E-state index contributed by atoms with van der Waals surface area (Å²) in [5.41, 5.74) is 2.37. The van der Waals surface area contributed by atoms with Crippen LogP contribution in [0.5, 0.6) is 5.88 Å². The van der Waals surface area contributed by atoms with Crippen LogP contribution in [0.3, 0.4) is 0 Å². The summed E-state index contributed by atoms with van der Waals surface area (Å²) in [5, 5.41) is 9.09. The molecule has 0 saturated heterocycles. The fourth-order valence-corrected chi connectivity index (χ4v) is 2.08. The molecule has 0 N–H and O–H groups in total. The summed E-state index contributed by atoms with van der Waals surface area (Å²) in [5.74, 6) is 0.948. The topological polar surface area (TPSA) is 47.9 Å². The smallest absolute Gasteiger partial charge is 0.244 e. The summed E-state index contributed by atoms with van der Waals surface area (Å²) in [7, 11) is 1.57. The summed E-state index contributed by atoms with van der Waals surface area (Å²) in [6.07, 6.45) is 0. The zero-order valence-corrected chi connectivity index (χ0v) is 12.1. The molecule has 21 heavy (non-hydrogen) atoms. The molecule has 2 aromatic carbocycles. The molecule has 4 nitrogen and oxygen atoms in total. The fourth-order valence-electron chi connectivity index (χ4n) is 1.95. The van der Waals surface area contributed by atoms with Gasteiger partial charge in [0.2, 0.25) is 5.88 Å². The number of hydrogen-bond acceptors (Lipinski definition) is 4. The first-order valence-corrected chi connectivity index (χ1v) is 6.76. The fraction of sp³-hybridized carbons (Fsp3) is 0.0625. The van der Waals surface area contributed by atoms with Crippen LogP contribution in [0, 0.1) is 0 Å². The van der Waals surface area contributed by atoms with Gasteiger partial charge in [-0.3, -0.25) is 0 Å². The van der Waals surface area contributed by atoms with Gasteiger partial charge < -0.3 is 4.74 Å². The Morgan fingerprint density at radius 2 is 1.57 bits per heavy atom. The van der Waals surface area contributed by atoms with Crippen molar-refractivity contribution in [3.63, 3.8) is 0 Å². The van der Waals surface area contributed by atoms with Crippen LogP contribution in [-0.2, 0) is 0 Å². The largest absolute Gasteiger partial charge is 0.479 e. The summed E-state index contributed by atoms with van der Waals surface area (Å²) in [4.78, 5) is 4.43. The third-order valence-corrected chi connectivity index (χ3v) is 3.25. The zero-order valence-electron chi connectivity index (χ0n) is 11.3. The van der Waals surface area contributed by atoms with E-state index in [9.17, 15) is 0 Å². The molecule has 3 aromatic rings. The van der Waals surface area contributed by atoms with Gasteiger partial charge in [-0.05, 0) is 24.3 Å². The highest BCUT2D eigenvalue weighted by Gasteiger charge is 2.12. The first kappa shape index (κ1) is 13.5. The average Bonchev–Trinajstić information content (AvgIpc) is 2.56. The molecule has 0 amide bonds. The Bertz CT molecular complexity index is 745. The van der Waals surface area contributed by atoms with Crippen LogP contribution < -0.4 is 4.74 Å². The lowest BCUT2D eigenvalue weighted by Crippen LogP contribution is -2.00. The van der Waals surface area contributed by atoms with E-state index in [1.54, 1.807) is 19.2 Å². The van der Waals surface area contributed by atoms with E-state index in [0.717, 1.165) is 11.1 Å². The zero-order chi connectivity index (χ0) is 14.7. The average molecular weight is 298 g/mol. The van der Waals surface area contributed by atoms with Crippen molar-refractivity contribution in [2.75, 3.05) is 7.11 Å². The summed E-state index contributed by atoms with van der Waals surface area (Å²) in [6.45, 7) is 0. The number of methoxy groups -OCH3 is 1. The number of halogens is 1. The molecule has 0 aliphatic heterocycles. The maximum atomic E-state index is 5.88. The standard InChI is InChI=1S/C16H12ClN3O/c1-21-16-14(11-5-3-2-4-6-11)19-20-15(18-16)12-7-9-13(17)10-8-12/h2-10H,1H3. The predicted octanol–water partition coefficient (Wildman–Crippen LogP) is 3.87. The Balaban J connectivity index is 2.05. The predicted molar refractivity (Wildman–Crippen MR) is 82.3 cm³/mol. The summed E-state index contributed by atoms with van der Waals surface area (Å²) >= 11 is 5.88. The Labute approximate surface area is 127 Å². The minimum atomic E-state index is 0.446. The molecule has 0 fully saturated rings. The van der Waals surface area contributed by atoms with Crippen molar-refractivity contribution in [1.82, 2.24) is 15.2 Å². The second-order valence-electron chi connectivity index (χ2n) is 4.37. The van der Waals surface area contributed by atoms with E-state index >= 15 is 0 Å². The van der Waals surface area contributed by atoms with Gasteiger partial charge in [-0.2, -0.15) is 4.98 Å². The summed E-state index contributed by atoms with van der Waals surface area (Å²) in [6, 6.07) is 17.0. The molecule has 0 atom stereocenters. The molecule has 104 valence electrons. The van der Waals surface area contributed by atoms with Crippen molar-refractivity contribution in [3.8, 4) is 28.5 Å². The van der Waals surface area contributed by atoms with E-state index in [2.05, 4.69) is 15.2 Å². The van der Waals surface area contributed by atoms with Gasteiger partial charge in [-0.1, -0.05) is 41.9 Å². The third-order valence-electron chi connectivity index (χ3n) is 3.00. The van der Waals surface area contributed by atoms with Crippen molar-refractivity contribution in [3.05, 3.63) is 59.6 Å². The van der Waals surface area contributed by atoms with Crippen molar-refractivity contribution in [2.24, 2.45) is 0 Å². The van der Waals surface area contributed by atoms with Gasteiger partial charge in [0.25, 0.3) is 0 Å². The minimum Gasteiger partial charge on any atom is -0.479 e. The highest BCUT2D eigenvalue weighted by molar-refractivity contribution is 6.30. The van der Waals surface area contributed by atoms with Gasteiger partial charge in [-0.25, -0.2) is 0 Å². The number of ether oxygens (including phenoxy) is 1. The van der Waals surface area contributed by atoms with Gasteiger partial charge in [0.15, 0.2) is 11.5 Å². The Morgan fingerprint density at radius 1 is 0.857 bits per heavy atom. The van der Waals surface area contributed by atoms with E-state index in [-0.39, 0.29) is 0 Å². The second-order valence-corrected chi connectivity index (χ2v) is 4.80. The van der Waals surface area contributed by atoms with E-state index in [1.807, 2.05) is 42.5 Å². The quantitative estimate of drug-likeness (QED) is 0.736. The first-order chi connectivity index (χ1) is 10.3. The molecule has 0 saturated carbocycles. The van der Waals surface area contributed by atoms with Crippen molar-refractivity contribution in [2.45, 2.75) is 0 Å². The van der Waals surface area contributed by atoms with Crippen LogP contribution in [0.15, 0.2) is 54.6 Å². The van der Waals surface area contributed by atoms with E-state index in [4.69, 9.17) is 16.3 Å². The molecule has 0 bridgehead atoms. The monoisotopic (exact) mass is 297 g/mol. The number of hydrogen-bond donors (Lipinski definition) is 0. The highest BCUT2D eigenvalue weighted by Crippen LogP contribution is 2.27. The first-order valence-electron chi connectivity index (χ1n) is 6.38. The number of nitrogens with zero attached hydrogens (tertiary/aromatic N) is 3. The molecule has 1 heterocycles. The van der Waals surface area contributed by atoms with Crippen LogP contribution in [-0.4, -0.2) is 22.3 Å². The van der Waals surface area contributed by atoms with Crippen LogP contribution in [0.25, 0.3) is 22.6 Å². The van der Waals surface area contributed by atoms with Gasteiger partial charge in [0.05, 0.1) is 7.11 Å². The molecule has 0 spiro atoms. The van der Waals surface area contributed by atoms with Gasteiger partial charge in [-0.15, -0.1) is 10.2 Å². The Morgan fingerprint density at radius 3 is 2.24 bits per heavy atom. The normalized spacial score (nSPS) is 10.4. The lowest BCUT2D eigenvalue weighted by atomic mass is 10.1. The molecular formula is C16H12ClN3O. The van der Waals surface area contributed by atoms with Crippen LogP contribution >= 0.6 is 11.6 Å². The molecule has 0 unspecified atom stereocenters. The number of rotatable bonds is 3. The molecular weight excluding hydrogens is 286 g/mol.